The van der Waals surface area contributed by atoms with Crippen LogP contribution in [0.4, 0.5) is 0 Å². The van der Waals surface area contributed by atoms with Gasteiger partial charge in [-0.15, -0.1) is 0 Å². The summed E-state index contributed by atoms with van der Waals surface area (Å²) in [6, 6.07) is 15.8. The van der Waals surface area contributed by atoms with Gasteiger partial charge in [-0.3, -0.25) is 0 Å². The summed E-state index contributed by atoms with van der Waals surface area (Å²) in [5, 5.41) is 0. The van der Waals surface area contributed by atoms with E-state index in [4.69, 9.17) is 9.47 Å². The summed E-state index contributed by atoms with van der Waals surface area (Å²) < 4.78 is 11.9. The highest BCUT2D eigenvalue weighted by Crippen LogP contribution is 2.36. The Labute approximate surface area is 119 Å². The highest BCUT2D eigenvalue weighted by atomic mass is 16.5. The zero-order valence-electron chi connectivity index (χ0n) is 11.4. The van der Waals surface area contributed by atoms with Crippen LogP contribution in [-0.4, -0.2) is 6.61 Å². The number of aryl methyl sites for hydroxylation is 2. The van der Waals surface area contributed by atoms with E-state index in [-0.39, 0.29) is 6.10 Å². The van der Waals surface area contributed by atoms with Crippen LogP contribution in [0.1, 0.15) is 35.6 Å². The maximum Gasteiger partial charge on any atom is 0.131 e. The molecule has 2 aliphatic heterocycles. The third-order valence-corrected chi connectivity index (χ3v) is 4.15. The second kappa shape index (κ2) is 4.86. The van der Waals surface area contributed by atoms with E-state index in [1.54, 1.807) is 0 Å². The van der Waals surface area contributed by atoms with Crippen LogP contribution < -0.4 is 9.47 Å². The van der Waals surface area contributed by atoms with Gasteiger partial charge in [0.05, 0.1) is 6.61 Å². The van der Waals surface area contributed by atoms with E-state index in [0.717, 1.165) is 43.8 Å². The van der Waals surface area contributed by atoms with Crippen LogP contribution in [0.3, 0.4) is 0 Å². The second-order valence-corrected chi connectivity index (χ2v) is 5.49. The minimum atomic E-state index is 0.122. The standard InChI is InChI=1S/C18H17O2/c1-2-6-16-13(4-1)9-10-17(20-16)15-8-7-14-5-3-11-19-18(14)12-15/h1-2,4,7-8,12,17H,3,5,9-11H2. The van der Waals surface area contributed by atoms with Crippen molar-refractivity contribution in [2.45, 2.75) is 31.8 Å². The summed E-state index contributed by atoms with van der Waals surface area (Å²) in [5.41, 5.74) is 3.80. The molecule has 0 saturated heterocycles. The van der Waals surface area contributed by atoms with Crippen molar-refractivity contribution in [1.82, 2.24) is 0 Å². The molecule has 0 saturated carbocycles. The Morgan fingerprint density at radius 3 is 3.10 bits per heavy atom. The zero-order chi connectivity index (χ0) is 13.4. The maximum absolute atomic E-state index is 6.10. The SMILES string of the molecule is [c]1cccc2c1OC(c1ccc3c(c1)OCCC3)CC2. The molecule has 1 atom stereocenters. The van der Waals surface area contributed by atoms with Crippen LogP contribution in [0.5, 0.6) is 11.5 Å². The molecule has 0 spiro atoms. The van der Waals surface area contributed by atoms with E-state index in [1.165, 1.54) is 16.7 Å². The van der Waals surface area contributed by atoms with E-state index < -0.39 is 0 Å². The number of fused-ring (bicyclic) bond motifs is 2. The molecule has 20 heavy (non-hydrogen) atoms. The van der Waals surface area contributed by atoms with Crippen molar-refractivity contribution >= 4 is 0 Å². The monoisotopic (exact) mass is 265 g/mol. The van der Waals surface area contributed by atoms with Gasteiger partial charge in [0, 0.05) is 6.07 Å². The van der Waals surface area contributed by atoms with Crippen molar-refractivity contribution < 1.29 is 9.47 Å². The van der Waals surface area contributed by atoms with Gasteiger partial charge in [-0.05, 0) is 48.4 Å². The zero-order valence-corrected chi connectivity index (χ0v) is 11.4. The van der Waals surface area contributed by atoms with Crippen LogP contribution in [0, 0.1) is 6.07 Å². The number of rotatable bonds is 1. The third-order valence-electron chi connectivity index (χ3n) is 4.15. The van der Waals surface area contributed by atoms with Crippen LogP contribution in [0.2, 0.25) is 0 Å². The molecule has 0 aliphatic carbocycles. The van der Waals surface area contributed by atoms with Crippen LogP contribution in [0.15, 0.2) is 36.4 Å². The van der Waals surface area contributed by atoms with Crippen LogP contribution in [-0.2, 0) is 12.8 Å². The predicted octanol–water partition coefficient (Wildman–Crippen LogP) is 3.88. The van der Waals surface area contributed by atoms with E-state index in [0.29, 0.717) is 0 Å². The van der Waals surface area contributed by atoms with Crippen molar-refractivity contribution in [1.29, 1.82) is 0 Å². The lowest BCUT2D eigenvalue weighted by molar-refractivity contribution is 0.175. The fourth-order valence-electron chi connectivity index (χ4n) is 3.04. The molecule has 2 nitrogen and oxygen atoms in total. The Hall–Kier alpha value is -1.96. The van der Waals surface area contributed by atoms with Crippen molar-refractivity contribution in [2.24, 2.45) is 0 Å². The van der Waals surface area contributed by atoms with E-state index in [2.05, 4.69) is 30.3 Å². The normalized spacial score (nSPS) is 20.3. The van der Waals surface area contributed by atoms with Crippen molar-refractivity contribution in [3.63, 3.8) is 0 Å². The lowest BCUT2D eigenvalue weighted by atomic mass is 9.95. The lowest BCUT2D eigenvalue weighted by Crippen LogP contribution is -2.16. The Morgan fingerprint density at radius 1 is 1.10 bits per heavy atom. The molecule has 101 valence electrons. The average molecular weight is 265 g/mol. The first-order chi connectivity index (χ1) is 9.90. The molecule has 1 unspecified atom stereocenters. The van der Waals surface area contributed by atoms with Crippen molar-refractivity contribution in [3.05, 3.63) is 59.2 Å². The smallest absolute Gasteiger partial charge is 0.131 e. The highest BCUT2D eigenvalue weighted by Gasteiger charge is 2.22. The molecule has 2 heteroatoms. The van der Waals surface area contributed by atoms with Gasteiger partial charge in [-0.2, -0.15) is 0 Å². The minimum Gasteiger partial charge on any atom is -0.493 e. The first kappa shape index (κ1) is 11.8. The van der Waals surface area contributed by atoms with Gasteiger partial charge in [-0.25, -0.2) is 0 Å². The predicted molar refractivity (Wildman–Crippen MR) is 77.2 cm³/mol. The van der Waals surface area contributed by atoms with Crippen LogP contribution in [0.25, 0.3) is 0 Å². The Bertz CT molecular complexity index is 633. The Balaban J connectivity index is 1.63. The van der Waals surface area contributed by atoms with Crippen molar-refractivity contribution in [3.8, 4) is 11.5 Å². The number of hydrogen-bond acceptors (Lipinski definition) is 2. The maximum atomic E-state index is 6.10. The summed E-state index contributed by atoms with van der Waals surface area (Å²) in [4.78, 5) is 0. The van der Waals surface area contributed by atoms with Gasteiger partial charge >= 0.3 is 0 Å². The molecule has 0 amide bonds. The molecule has 0 bridgehead atoms. The molecule has 2 aliphatic rings. The molecule has 0 aromatic heterocycles. The van der Waals surface area contributed by atoms with Gasteiger partial charge in [0.25, 0.3) is 0 Å². The largest absolute Gasteiger partial charge is 0.493 e. The molecular formula is C18H17O2. The Morgan fingerprint density at radius 2 is 2.10 bits per heavy atom. The summed E-state index contributed by atoms with van der Waals surface area (Å²) in [7, 11) is 0. The van der Waals surface area contributed by atoms with E-state index in [1.807, 2.05) is 12.1 Å². The molecule has 1 radical (unpaired) electrons. The van der Waals surface area contributed by atoms with E-state index in [9.17, 15) is 0 Å². The highest BCUT2D eigenvalue weighted by molar-refractivity contribution is 5.41. The molecule has 2 aromatic carbocycles. The molecule has 0 N–H and O–H groups in total. The third kappa shape index (κ3) is 2.05. The second-order valence-electron chi connectivity index (χ2n) is 5.49. The molecule has 2 heterocycles. The molecule has 4 rings (SSSR count). The van der Waals surface area contributed by atoms with E-state index >= 15 is 0 Å². The average Bonchev–Trinajstić information content (AvgIpc) is 2.54. The van der Waals surface area contributed by atoms with Crippen molar-refractivity contribution in [2.75, 3.05) is 6.61 Å². The van der Waals surface area contributed by atoms with Gasteiger partial charge in [0.15, 0.2) is 0 Å². The Kier molecular flexibility index (Phi) is 2.87. The summed E-state index contributed by atoms with van der Waals surface area (Å²) in [6.07, 6.45) is 4.43. The first-order valence-electron chi connectivity index (χ1n) is 7.32. The molecule has 0 fully saturated rings. The van der Waals surface area contributed by atoms with Crippen LogP contribution >= 0.6 is 0 Å². The lowest BCUT2D eigenvalue weighted by Gasteiger charge is -2.27. The summed E-state index contributed by atoms with van der Waals surface area (Å²) >= 11 is 0. The van der Waals surface area contributed by atoms with Gasteiger partial charge in [-0.1, -0.05) is 30.3 Å². The minimum absolute atomic E-state index is 0.122. The summed E-state index contributed by atoms with van der Waals surface area (Å²) in [5.74, 6) is 1.95. The quantitative estimate of drug-likeness (QED) is 0.779. The topological polar surface area (TPSA) is 18.5 Å². The fraction of sp³-hybridized carbons (Fsp3) is 0.333. The summed E-state index contributed by atoms with van der Waals surface area (Å²) in [6.45, 7) is 0.832. The number of hydrogen-bond donors (Lipinski definition) is 0. The fourth-order valence-corrected chi connectivity index (χ4v) is 3.04. The number of para-hydroxylation sites is 1. The van der Waals surface area contributed by atoms with Gasteiger partial charge in [0.2, 0.25) is 0 Å². The van der Waals surface area contributed by atoms with Gasteiger partial charge < -0.3 is 9.47 Å². The first-order valence-corrected chi connectivity index (χ1v) is 7.32. The number of ether oxygens (including phenoxy) is 2. The molecule has 2 aromatic rings. The number of benzene rings is 2. The molecular weight excluding hydrogens is 248 g/mol. The van der Waals surface area contributed by atoms with Gasteiger partial charge in [0.1, 0.15) is 17.6 Å².